The molecule has 1 heterocycles. The first-order chi connectivity index (χ1) is 7.13. The summed E-state index contributed by atoms with van der Waals surface area (Å²) < 4.78 is 5.49. The molecule has 84 valence electrons. The van der Waals surface area contributed by atoms with Crippen molar-refractivity contribution in [2.45, 2.75) is 32.9 Å². The predicted octanol–water partition coefficient (Wildman–Crippen LogP) is 0.714. The summed E-state index contributed by atoms with van der Waals surface area (Å²) in [5.74, 6) is 6.18. The van der Waals surface area contributed by atoms with Crippen molar-refractivity contribution in [3.8, 4) is 0 Å². The van der Waals surface area contributed by atoms with Crippen molar-refractivity contribution in [2.75, 3.05) is 6.61 Å². The summed E-state index contributed by atoms with van der Waals surface area (Å²) in [7, 11) is 0. The van der Waals surface area contributed by atoms with Crippen LogP contribution in [0.1, 0.15) is 31.4 Å². The molecule has 5 nitrogen and oxygen atoms in total. The lowest BCUT2D eigenvalue weighted by molar-refractivity contribution is 0.0603. The van der Waals surface area contributed by atoms with Gasteiger partial charge in [-0.15, -0.1) is 0 Å². The van der Waals surface area contributed by atoms with Crippen molar-refractivity contribution in [3.05, 3.63) is 23.8 Å². The average Bonchev–Trinajstić information content (AvgIpc) is 2.18. The molecule has 0 aliphatic heterocycles. The van der Waals surface area contributed by atoms with Crippen LogP contribution in [0.15, 0.2) is 12.3 Å². The topological polar surface area (TPSA) is 73.1 Å². The minimum Gasteiger partial charge on any atom is -0.377 e. The molecular formula is C10H18N4O. The lowest BCUT2D eigenvalue weighted by Gasteiger charge is -2.17. The summed E-state index contributed by atoms with van der Waals surface area (Å²) in [4.78, 5) is 8.32. The first kappa shape index (κ1) is 12.0. The molecule has 1 aromatic rings. The molecule has 0 saturated heterocycles. The Kier molecular flexibility index (Phi) is 4.61. The molecule has 0 bridgehead atoms. The fourth-order valence-corrected chi connectivity index (χ4v) is 1.18. The van der Waals surface area contributed by atoms with E-state index >= 15 is 0 Å². The van der Waals surface area contributed by atoms with E-state index in [9.17, 15) is 0 Å². The molecule has 0 aliphatic rings. The first-order valence-corrected chi connectivity index (χ1v) is 5.00. The van der Waals surface area contributed by atoms with Gasteiger partial charge in [-0.2, -0.15) is 0 Å². The largest absolute Gasteiger partial charge is 0.377 e. The van der Waals surface area contributed by atoms with E-state index in [1.54, 1.807) is 6.20 Å². The standard InChI is InChI=1S/C10H18N4O/c1-7(2)15-6-10(14-11)9-4-5-12-8(3)13-9/h4-5,7,10,14H,6,11H2,1-3H3. The number of aryl methyl sites for hydroxylation is 1. The zero-order valence-electron chi connectivity index (χ0n) is 9.40. The van der Waals surface area contributed by atoms with Crippen LogP contribution < -0.4 is 11.3 Å². The zero-order valence-corrected chi connectivity index (χ0v) is 9.40. The van der Waals surface area contributed by atoms with E-state index < -0.39 is 0 Å². The van der Waals surface area contributed by atoms with Crippen LogP contribution in [0, 0.1) is 6.92 Å². The highest BCUT2D eigenvalue weighted by molar-refractivity contribution is 5.07. The van der Waals surface area contributed by atoms with E-state index in [1.807, 2.05) is 26.8 Å². The number of nitrogens with one attached hydrogen (secondary N) is 1. The molecule has 3 N–H and O–H groups in total. The van der Waals surface area contributed by atoms with Crippen LogP contribution in [0.5, 0.6) is 0 Å². The predicted molar refractivity (Wildman–Crippen MR) is 57.9 cm³/mol. The first-order valence-electron chi connectivity index (χ1n) is 5.00. The zero-order chi connectivity index (χ0) is 11.3. The number of ether oxygens (including phenoxy) is 1. The molecule has 0 saturated carbocycles. The van der Waals surface area contributed by atoms with Gasteiger partial charge in [0.05, 0.1) is 24.4 Å². The molecule has 1 unspecified atom stereocenters. The maximum Gasteiger partial charge on any atom is 0.125 e. The maximum absolute atomic E-state index is 5.49. The van der Waals surface area contributed by atoms with E-state index in [2.05, 4.69) is 15.4 Å². The molecule has 0 radical (unpaired) electrons. The van der Waals surface area contributed by atoms with E-state index in [0.717, 1.165) is 11.5 Å². The Morgan fingerprint density at radius 1 is 1.53 bits per heavy atom. The van der Waals surface area contributed by atoms with Crippen molar-refractivity contribution < 1.29 is 4.74 Å². The SMILES string of the molecule is Cc1nccc(C(COC(C)C)NN)n1. The molecule has 1 aromatic heterocycles. The third-order valence-electron chi connectivity index (χ3n) is 1.95. The molecule has 0 aromatic carbocycles. The van der Waals surface area contributed by atoms with Crippen LogP contribution in [0.25, 0.3) is 0 Å². The Balaban J connectivity index is 2.65. The molecule has 15 heavy (non-hydrogen) atoms. The molecule has 0 aliphatic carbocycles. The molecular weight excluding hydrogens is 192 g/mol. The van der Waals surface area contributed by atoms with Gasteiger partial charge >= 0.3 is 0 Å². The van der Waals surface area contributed by atoms with Crippen LogP contribution in [0.2, 0.25) is 0 Å². The van der Waals surface area contributed by atoms with Crippen LogP contribution in [-0.4, -0.2) is 22.7 Å². The van der Waals surface area contributed by atoms with Crippen LogP contribution >= 0.6 is 0 Å². The Hall–Kier alpha value is -1.04. The van der Waals surface area contributed by atoms with Gasteiger partial charge in [0.15, 0.2) is 0 Å². The smallest absolute Gasteiger partial charge is 0.125 e. The van der Waals surface area contributed by atoms with E-state index in [4.69, 9.17) is 10.6 Å². The van der Waals surface area contributed by atoms with E-state index in [0.29, 0.717) is 6.61 Å². The Bertz CT molecular complexity index is 303. The van der Waals surface area contributed by atoms with Gasteiger partial charge in [0.1, 0.15) is 5.82 Å². The molecule has 0 spiro atoms. The Morgan fingerprint density at radius 2 is 2.27 bits per heavy atom. The second-order valence-corrected chi connectivity index (χ2v) is 3.63. The minimum atomic E-state index is -0.0888. The lowest BCUT2D eigenvalue weighted by Crippen LogP contribution is -2.33. The average molecular weight is 210 g/mol. The van der Waals surface area contributed by atoms with Gasteiger partial charge in [0.2, 0.25) is 0 Å². The van der Waals surface area contributed by atoms with E-state index in [1.165, 1.54) is 0 Å². The van der Waals surface area contributed by atoms with Gasteiger partial charge in [-0.3, -0.25) is 5.84 Å². The highest BCUT2D eigenvalue weighted by Gasteiger charge is 2.12. The van der Waals surface area contributed by atoms with Crippen molar-refractivity contribution in [2.24, 2.45) is 5.84 Å². The van der Waals surface area contributed by atoms with Crippen molar-refractivity contribution >= 4 is 0 Å². The summed E-state index contributed by atoms with van der Waals surface area (Å²) in [6.45, 7) is 6.32. The molecule has 1 rings (SSSR count). The van der Waals surface area contributed by atoms with Crippen molar-refractivity contribution in [1.82, 2.24) is 15.4 Å². The third-order valence-corrected chi connectivity index (χ3v) is 1.95. The maximum atomic E-state index is 5.49. The summed E-state index contributed by atoms with van der Waals surface area (Å²) in [6, 6.07) is 1.75. The van der Waals surface area contributed by atoms with Crippen LogP contribution in [-0.2, 0) is 4.74 Å². The molecule has 0 amide bonds. The number of rotatable bonds is 5. The highest BCUT2D eigenvalue weighted by Crippen LogP contribution is 2.09. The Morgan fingerprint density at radius 3 is 2.80 bits per heavy atom. The second-order valence-electron chi connectivity index (χ2n) is 3.63. The Labute approximate surface area is 90.0 Å². The van der Waals surface area contributed by atoms with Crippen LogP contribution in [0.3, 0.4) is 0 Å². The summed E-state index contributed by atoms with van der Waals surface area (Å²) in [6.07, 6.45) is 1.90. The van der Waals surface area contributed by atoms with Gasteiger partial charge in [0, 0.05) is 6.20 Å². The lowest BCUT2D eigenvalue weighted by atomic mass is 10.2. The molecule has 0 fully saturated rings. The van der Waals surface area contributed by atoms with Gasteiger partial charge < -0.3 is 4.74 Å². The molecule has 5 heteroatoms. The fourth-order valence-electron chi connectivity index (χ4n) is 1.18. The second kappa shape index (κ2) is 5.75. The van der Waals surface area contributed by atoms with Gasteiger partial charge in [-0.1, -0.05) is 0 Å². The number of hydrogen-bond acceptors (Lipinski definition) is 5. The normalized spacial score (nSPS) is 13.1. The van der Waals surface area contributed by atoms with Gasteiger partial charge in [-0.25, -0.2) is 15.4 Å². The summed E-state index contributed by atoms with van der Waals surface area (Å²) >= 11 is 0. The number of aromatic nitrogens is 2. The molecule has 1 atom stereocenters. The number of hydrazine groups is 1. The number of nitrogens with zero attached hydrogens (tertiary/aromatic N) is 2. The summed E-state index contributed by atoms with van der Waals surface area (Å²) in [5.41, 5.74) is 3.54. The number of nitrogens with two attached hydrogens (primary N) is 1. The fraction of sp³-hybridized carbons (Fsp3) is 0.600. The van der Waals surface area contributed by atoms with Gasteiger partial charge in [-0.05, 0) is 26.8 Å². The number of hydrogen-bond donors (Lipinski definition) is 2. The summed E-state index contributed by atoms with van der Waals surface area (Å²) in [5, 5.41) is 0. The third kappa shape index (κ3) is 3.91. The quantitative estimate of drug-likeness (QED) is 0.553. The van der Waals surface area contributed by atoms with Crippen molar-refractivity contribution in [3.63, 3.8) is 0 Å². The highest BCUT2D eigenvalue weighted by atomic mass is 16.5. The van der Waals surface area contributed by atoms with Crippen molar-refractivity contribution in [1.29, 1.82) is 0 Å². The minimum absolute atomic E-state index is 0.0888. The van der Waals surface area contributed by atoms with E-state index in [-0.39, 0.29) is 12.1 Å². The monoisotopic (exact) mass is 210 g/mol. The van der Waals surface area contributed by atoms with Crippen LogP contribution in [0.4, 0.5) is 0 Å². The van der Waals surface area contributed by atoms with Gasteiger partial charge in [0.25, 0.3) is 0 Å².